The number of methoxy groups -OCH3 is 2. The Morgan fingerprint density at radius 1 is 1.12 bits per heavy atom. The second kappa shape index (κ2) is 8.79. The largest absolute Gasteiger partial charge is 0.465 e. The number of hydrogen-bond donors (Lipinski definition) is 1. The SMILES string of the molecule is COCCOC(=O)CCC(=O)Nc1sc2c(c1C(=O)OC)CCC2. The highest BCUT2D eigenvalue weighted by molar-refractivity contribution is 7.17. The number of fused-ring (bicyclic) bond motifs is 1. The highest BCUT2D eigenvalue weighted by atomic mass is 32.1. The maximum absolute atomic E-state index is 12.0. The number of anilines is 1. The number of rotatable bonds is 8. The van der Waals surface area contributed by atoms with Crippen LogP contribution in [0.4, 0.5) is 5.00 Å². The molecule has 1 N–H and O–H groups in total. The number of esters is 2. The molecule has 0 saturated carbocycles. The molecular weight excluding hydrogens is 334 g/mol. The minimum Gasteiger partial charge on any atom is -0.465 e. The molecule has 0 radical (unpaired) electrons. The van der Waals surface area contributed by atoms with Crippen LogP contribution >= 0.6 is 11.3 Å². The molecule has 0 saturated heterocycles. The van der Waals surface area contributed by atoms with Gasteiger partial charge in [-0.2, -0.15) is 0 Å². The number of thiophene rings is 1. The quantitative estimate of drug-likeness (QED) is 0.566. The van der Waals surface area contributed by atoms with Crippen LogP contribution in [0.5, 0.6) is 0 Å². The smallest absolute Gasteiger partial charge is 0.341 e. The van der Waals surface area contributed by atoms with Gasteiger partial charge < -0.3 is 19.5 Å². The normalized spacial score (nSPS) is 12.6. The molecule has 1 aliphatic carbocycles. The Balaban J connectivity index is 1.92. The Hall–Kier alpha value is -1.93. The van der Waals surface area contributed by atoms with E-state index in [2.05, 4.69) is 5.32 Å². The van der Waals surface area contributed by atoms with Gasteiger partial charge in [0.1, 0.15) is 11.6 Å². The third kappa shape index (κ3) is 4.55. The van der Waals surface area contributed by atoms with Crippen molar-refractivity contribution in [1.29, 1.82) is 0 Å². The molecule has 1 amide bonds. The summed E-state index contributed by atoms with van der Waals surface area (Å²) in [6, 6.07) is 0. The maximum atomic E-state index is 12.0. The fourth-order valence-corrected chi connectivity index (χ4v) is 3.82. The van der Waals surface area contributed by atoms with Gasteiger partial charge in [-0.15, -0.1) is 11.3 Å². The lowest BCUT2D eigenvalue weighted by Crippen LogP contribution is -2.17. The molecule has 8 heteroatoms. The van der Waals surface area contributed by atoms with E-state index in [0.717, 1.165) is 29.7 Å². The van der Waals surface area contributed by atoms with Crippen molar-refractivity contribution in [2.75, 3.05) is 32.8 Å². The van der Waals surface area contributed by atoms with Crippen LogP contribution in [0.2, 0.25) is 0 Å². The molecule has 24 heavy (non-hydrogen) atoms. The van der Waals surface area contributed by atoms with E-state index >= 15 is 0 Å². The first-order valence-electron chi connectivity index (χ1n) is 7.74. The van der Waals surface area contributed by atoms with Gasteiger partial charge in [0.05, 0.1) is 25.7 Å². The molecule has 0 aromatic carbocycles. The third-order valence-electron chi connectivity index (χ3n) is 3.67. The standard InChI is InChI=1S/C16H21NO6S/c1-21-8-9-23-13(19)7-6-12(18)17-15-14(16(20)22-2)10-4-3-5-11(10)24-15/h3-9H2,1-2H3,(H,17,18). The molecule has 0 bridgehead atoms. The lowest BCUT2D eigenvalue weighted by atomic mass is 10.1. The van der Waals surface area contributed by atoms with Crippen molar-refractivity contribution < 1.29 is 28.6 Å². The van der Waals surface area contributed by atoms with Gasteiger partial charge in [0.2, 0.25) is 5.91 Å². The monoisotopic (exact) mass is 355 g/mol. The molecule has 0 fully saturated rings. The number of nitrogens with one attached hydrogen (secondary N) is 1. The van der Waals surface area contributed by atoms with Crippen molar-refractivity contribution >= 4 is 34.2 Å². The fourth-order valence-electron chi connectivity index (χ4n) is 2.53. The molecular formula is C16H21NO6S. The van der Waals surface area contributed by atoms with Gasteiger partial charge in [-0.1, -0.05) is 0 Å². The zero-order chi connectivity index (χ0) is 17.5. The predicted molar refractivity (Wildman–Crippen MR) is 88.4 cm³/mol. The molecule has 2 rings (SSSR count). The number of ether oxygens (including phenoxy) is 3. The number of carbonyl (C=O) groups is 3. The molecule has 132 valence electrons. The summed E-state index contributed by atoms with van der Waals surface area (Å²) in [5, 5.41) is 3.23. The van der Waals surface area contributed by atoms with Crippen molar-refractivity contribution in [2.24, 2.45) is 0 Å². The summed E-state index contributed by atoms with van der Waals surface area (Å²) in [5.41, 5.74) is 1.42. The molecule has 0 spiro atoms. The second-order valence-corrected chi connectivity index (χ2v) is 6.42. The van der Waals surface area contributed by atoms with Gasteiger partial charge in [0, 0.05) is 18.4 Å². The molecule has 1 aromatic heterocycles. The van der Waals surface area contributed by atoms with E-state index in [1.54, 1.807) is 0 Å². The van der Waals surface area contributed by atoms with E-state index in [4.69, 9.17) is 14.2 Å². The molecule has 0 atom stereocenters. The van der Waals surface area contributed by atoms with Gasteiger partial charge >= 0.3 is 11.9 Å². The fraction of sp³-hybridized carbons (Fsp3) is 0.562. The highest BCUT2D eigenvalue weighted by Crippen LogP contribution is 2.39. The zero-order valence-electron chi connectivity index (χ0n) is 13.8. The topological polar surface area (TPSA) is 90.9 Å². The maximum Gasteiger partial charge on any atom is 0.341 e. The Morgan fingerprint density at radius 2 is 1.92 bits per heavy atom. The molecule has 1 aromatic rings. The molecule has 7 nitrogen and oxygen atoms in total. The van der Waals surface area contributed by atoms with Crippen molar-refractivity contribution in [3.05, 3.63) is 16.0 Å². The lowest BCUT2D eigenvalue weighted by Gasteiger charge is -2.07. The number of aryl methyl sites for hydroxylation is 1. The van der Waals surface area contributed by atoms with Gasteiger partial charge in [-0.3, -0.25) is 9.59 Å². The Bertz CT molecular complexity index is 624. The van der Waals surface area contributed by atoms with Crippen LogP contribution in [0.1, 0.15) is 40.1 Å². The summed E-state index contributed by atoms with van der Waals surface area (Å²) < 4.78 is 14.5. The van der Waals surface area contributed by atoms with E-state index in [0.29, 0.717) is 17.2 Å². The van der Waals surface area contributed by atoms with Gasteiger partial charge in [0.25, 0.3) is 0 Å². The van der Waals surface area contributed by atoms with Crippen molar-refractivity contribution in [2.45, 2.75) is 32.1 Å². The van der Waals surface area contributed by atoms with Gasteiger partial charge in [-0.25, -0.2) is 4.79 Å². The summed E-state index contributed by atoms with van der Waals surface area (Å²) in [5.74, 6) is -1.23. The molecule has 1 aliphatic rings. The molecule has 0 aliphatic heterocycles. The minimum atomic E-state index is -0.455. The van der Waals surface area contributed by atoms with Gasteiger partial charge in [0.15, 0.2) is 0 Å². The lowest BCUT2D eigenvalue weighted by molar-refractivity contribution is -0.145. The summed E-state index contributed by atoms with van der Waals surface area (Å²) in [4.78, 5) is 36.6. The average Bonchev–Trinajstić information content (AvgIpc) is 3.13. The third-order valence-corrected chi connectivity index (χ3v) is 4.88. The van der Waals surface area contributed by atoms with Crippen LogP contribution in [0, 0.1) is 0 Å². The number of hydrogen-bond acceptors (Lipinski definition) is 7. The Kier molecular flexibility index (Phi) is 6.74. The predicted octanol–water partition coefficient (Wildman–Crippen LogP) is 1.93. The Morgan fingerprint density at radius 3 is 2.62 bits per heavy atom. The zero-order valence-corrected chi connectivity index (χ0v) is 14.6. The van der Waals surface area contributed by atoms with Crippen LogP contribution in [0.15, 0.2) is 0 Å². The first-order valence-corrected chi connectivity index (χ1v) is 8.55. The second-order valence-electron chi connectivity index (χ2n) is 5.31. The van der Waals surface area contributed by atoms with E-state index < -0.39 is 11.9 Å². The Labute approximate surface area is 144 Å². The van der Waals surface area contributed by atoms with Crippen LogP contribution in [-0.2, 0) is 36.6 Å². The van der Waals surface area contributed by atoms with E-state index in [-0.39, 0.29) is 25.4 Å². The van der Waals surface area contributed by atoms with E-state index in [1.165, 1.54) is 25.6 Å². The number of carbonyl (C=O) groups excluding carboxylic acids is 3. The van der Waals surface area contributed by atoms with Crippen LogP contribution in [-0.4, -0.2) is 45.3 Å². The first-order chi connectivity index (χ1) is 11.6. The summed E-state index contributed by atoms with van der Waals surface area (Å²) in [6.45, 7) is 0.488. The average molecular weight is 355 g/mol. The highest BCUT2D eigenvalue weighted by Gasteiger charge is 2.28. The van der Waals surface area contributed by atoms with Gasteiger partial charge in [-0.05, 0) is 24.8 Å². The minimum absolute atomic E-state index is 0.00497. The van der Waals surface area contributed by atoms with Crippen molar-refractivity contribution in [1.82, 2.24) is 0 Å². The summed E-state index contributed by atoms with van der Waals surface area (Å²) in [6.07, 6.45) is 2.71. The van der Waals surface area contributed by atoms with Crippen LogP contribution in [0.25, 0.3) is 0 Å². The summed E-state index contributed by atoms with van der Waals surface area (Å²) >= 11 is 1.41. The summed E-state index contributed by atoms with van der Waals surface area (Å²) in [7, 11) is 2.83. The van der Waals surface area contributed by atoms with E-state index in [1.807, 2.05) is 0 Å². The van der Waals surface area contributed by atoms with E-state index in [9.17, 15) is 14.4 Å². The van der Waals surface area contributed by atoms with Crippen LogP contribution < -0.4 is 5.32 Å². The molecule has 0 unspecified atom stereocenters. The first kappa shape index (κ1) is 18.4. The number of amides is 1. The molecule has 1 heterocycles. The van der Waals surface area contributed by atoms with Crippen molar-refractivity contribution in [3.8, 4) is 0 Å². The van der Waals surface area contributed by atoms with Crippen molar-refractivity contribution in [3.63, 3.8) is 0 Å². The van der Waals surface area contributed by atoms with Crippen LogP contribution in [0.3, 0.4) is 0 Å².